The largest absolute Gasteiger partial charge is 0.291 e. The number of anilines is 2. The fourth-order valence-electron chi connectivity index (χ4n) is 2.88. The van der Waals surface area contributed by atoms with Gasteiger partial charge in [0.15, 0.2) is 0 Å². The number of aromatic amines is 1. The SMILES string of the molecule is O=C(Cc1cnc(-n2cccn2)[nH]c1=O)N(c1ccccc1)c1ccccc1. The summed E-state index contributed by atoms with van der Waals surface area (Å²) in [6.45, 7) is 0. The summed E-state index contributed by atoms with van der Waals surface area (Å²) >= 11 is 0. The normalized spacial score (nSPS) is 10.6. The zero-order valence-electron chi connectivity index (χ0n) is 14.9. The van der Waals surface area contributed by atoms with Crippen molar-refractivity contribution >= 4 is 17.3 Å². The van der Waals surface area contributed by atoms with Crippen LogP contribution < -0.4 is 10.5 Å². The van der Waals surface area contributed by atoms with Crippen molar-refractivity contribution in [3.05, 3.63) is 101 Å². The van der Waals surface area contributed by atoms with Crippen molar-refractivity contribution in [2.45, 2.75) is 6.42 Å². The Morgan fingerprint density at radius 2 is 1.61 bits per heavy atom. The van der Waals surface area contributed by atoms with Crippen LogP contribution in [0.5, 0.6) is 0 Å². The predicted octanol–water partition coefficient (Wildman–Crippen LogP) is 2.86. The van der Waals surface area contributed by atoms with Gasteiger partial charge in [-0.2, -0.15) is 5.10 Å². The van der Waals surface area contributed by atoms with Gasteiger partial charge >= 0.3 is 0 Å². The van der Waals surface area contributed by atoms with Crippen LogP contribution in [0.3, 0.4) is 0 Å². The van der Waals surface area contributed by atoms with E-state index in [0.29, 0.717) is 5.95 Å². The van der Waals surface area contributed by atoms with Gasteiger partial charge in [0.05, 0.1) is 6.42 Å². The highest BCUT2D eigenvalue weighted by Gasteiger charge is 2.19. The molecule has 0 fully saturated rings. The molecule has 0 aliphatic carbocycles. The quantitative estimate of drug-likeness (QED) is 0.585. The van der Waals surface area contributed by atoms with Crippen LogP contribution in [0.4, 0.5) is 11.4 Å². The molecule has 4 rings (SSSR count). The maximum absolute atomic E-state index is 13.1. The topological polar surface area (TPSA) is 83.9 Å². The lowest BCUT2D eigenvalue weighted by Gasteiger charge is -2.23. The van der Waals surface area contributed by atoms with Crippen LogP contribution in [0.1, 0.15) is 5.56 Å². The van der Waals surface area contributed by atoms with E-state index in [1.165, 1.54) is 10.9 Å². The van der Waals surface area contributed by atoms with Gasteiger partial charge in [-0.25, -0.2) is 9.67 Å². The van der Waals surface area contributed by atoms with Crippen molar-refractivity contribution in [1.29, 1.82) is 0 Å². The molecule has 7 nitrogen and oxygen atoms in total. The molecule has 1 N–H and O–H groups in total. The molecule has 7 heteroatoms. The van der Waals surface area contributed by atoms with Crippen LogP contribution >= 0.6 is 0 Å². The van der Waals surface area contributed by atoms with Crippen molar-refractivity contribution in [2.75, 3.05) is 4.90 Å². The van der Waals surface area contributed by atoms with Gasteiger partial charge in [0, 0.05) is 35.5 Å². The number of H-pyrrole nitrogens is 1. The number of carbonyl (C=O) groups excluding carboxylic acids is 1. The number of hydrogen-bond donors (Lipinski definition) is 1. The van der Waals surface area contributed by atoms with Gasteiger partial charge in [-0.1, -0.05) is 36.4 Å². The highest BCUT2D eigenvalue weighted by Crippen LogP contribution is 2.25. The van der Waals surface area contributed by atoms with Gasteiger partial charge < -0.3 is 0 Å². The maximum Gasteiger partial charge on any atom is 0.256 e. The van der Waals surface area contributed by atoms with Gasteiger partial charge in [-0.05, 0) is 30.3 Å². The van der Waals surface area contributed by atoms with Crippen molar-refractivity contribution in [1.82, 2.24) is 19.7 Å². The summed E-state index contributed by atoms with van der Waals surface area (Å²) in [5.74, 6) is 0.0747. The zero-order chi connectivity index (χ0) is 19.3. The van der Waals surface area contributed by atoms with E-state index in [-0.39, 0.29) is 23.5 Å². The van der Waals surface area contributed by atoms with Crippen molar-refractivity contribution < 1.29 is 4.79 Å². The number of carbonyl (C=O) groups is 1. The van der Waals surface area contributed by atoms with Crippen LogP contribution in [0, 0.1) is 0 Å². The first-order valence-electron chi connectivity index (χ1n) is 8.73. The van der Waals surface area contributed by atoms with Gasteiger partial charge in [-0.15, -0.1) is 0 Å². The number of rotatable bonds is 5. The average molecular weight is 371 g/mol. The standard InChI is InChI=1S/C21H17N5O2/c27-19(14-16-15-22-21(24-20(16)28)25-13-7-12-23-25)26(17-8-3-1-4-9-17)18-10-5-2-6-11-18/h1-13,15H,14H2,(H,22,24,28). The monoisotopic (exact) mass is 371 g/mol. The molecule has 2 aromatic heterocycles. The summed E-state index contributed by atoms with van der Waals surface area (Å²) in [5, 5.41) is 4.03. The van der Waals surface area contributed by atoms with Crippen molar-refractivity contribution in [3.63, 3.8) is 0 Å². The van der Waals surface area contributed by atoms with E-state index in [4.69, 9.17) is 0 Å². The van der Waals surface area contributed by atoms with Crippen LogP contribution in [0.15, 0.2) is 90.1 Å². The highest BCUT2D eigenvalue weighted by atomic mass is 16.2. The summed E-state index contributed by atoms with van der Waals surface area (Å²) in [5.41, 5.74) is 1.39. The minimum absolute atomic E-state index is 0.0779. The molecule has 0 saturated heterocycles. The van der Waals surface area contributed by atoms with E-state index < -0.39 is 0 Å². The Bertz CT molecular complexity index is 1080. The number of hydrogen-bond acceptors (Lipinski definition) is 4. The first-order valence-corrected chi connectivity index (χ1v) is 8.73. The van der Waals surface area contributed by atoms with Crippen LogP contribution in [-0.4, -0.2) is 25.7 Å². The number of nitrogens with zero attached hydrogens (tertiary/aromatic N) is 4. The van der Waals surface area contributed by atoms with Gasteiger partial charge in [0.2, 0.25) is 11.9 Å². The molecule has 2 aromatic carbocycles. The van der Waals surface area contributed by atoms with E-state index in [2.05, 4.69) is 15.1 Å². The third-order valence-electron chi connectivity index (χ3n) is 4.20. The summed E-state index contributed by atoms with van der Waals surface area (Å²) in [4.78, 5) is 34.0. The number of aromatic nitrogens is 4. The van der Waals surface area contributed by atoms with E-state index in [1.807, 2.05) is 60.7 Å². The first-order chi connectivity index (χ1) is 13.7. The lowest BCUT2D eigenvalue weighted by molar-refractivity contribution is -0.117. The van der Waals surface area contributed by atoms with Crippen molar-refractivity contribution in [3.8, 4) is 5.95 Å². The highest BCUT2D eigenvalue weighted by molar-refractivity contribution is 6.01. The smallest absolute Gasteiger partial charge is 0.256 e. The number of para-hydroxylation sites is 2. The Morgan fingerprint density at radius 1 is 0.964 bits per heavy atom. The Hall–Kier alpha value is -4.00. The summed E-state index contributed by atoms with van der Waals surface area (Å²) in [7, 11) is 0. The van der Waals surface area contributed by atoms with E-state index >= 15 is 0 Å². The predicted molar refractivity (Wildman–Crippen MR) is 106 cm³/mol. The lowest BCUT2D eigenvalue weighted by atomic mass is 10.1. The molecule has 1 amide bonds. The second-order valence-corrected chi connectivity index (χ2v) is 6.09. The van der Waals surface area contributed by atoms with E-state index in [1.54, 1.807) is 23.4 Å². The molecule has 138 valence electrons. The number of benzene rings is 2. The number of nitrogens with one attached hydrogen (secondary N) is 1. The molecule has 0 aliphatic heterocycles. The first kappa shape index (κ1) is 17.4. The lowest BCUT2D eigenvalue weighted by Crippen LogP contribution is -2.30. The molecule has 0 aliphatic rings. The van der Waals surface area contributed by atoms with Gasteiger partial charge in [-0.3, -0.25) is 19.5 Å². The molecule has 0 radical (unpaired) electrons. The molecular weight excluding hydrogens is 354 g/mol. The molecule has 2 heterocycles. The van der Waals surface area contributed by atoms with Gasteiger partial charge in [0.25, 0.3) is 5.56 Å². The van der Waals surface area contributed by atoms with Gasteiger partial charge in [0.1, 0.15) is 0 Å². The van der Waals surface area contributed by atoms with Crippen LogP contribution in [0.25, 0.3) is 5.95 Å². The fraction of sp³-hybridized carbons (Fsp3) is 0.0476. The molecule has 0 atom stereocenters. The Labute approximate surface area is 160 Å². The van der Waals surface area contributed by atoms with Crippen molar-refractivity contribution in [2.24, 2.45) is 0 Å². The maximum atomic E-state index is 13.1. The molecule has 0 saturated carbocycles. The Morgan fingerprint density at radius 3 is 2.14 bits per heavy atom. The fourth-order valence-corrected chi connectivity index (χ4v) is 2.88. The average Bonchev–Trinajstić information content (AvgIpc) is 3.26. The second-order valence-electron chi connectivity index (χ2n) is 6.09. The van der Waals surface area contributed by atoms with E-state index in [9.17, 15) is 9.59 Å². The third kappa shape index (κ3) is 3.59. The molecule has 0 bridgehead atoms. The van der Waals surface area contributed by atoms with E-state index in [0.717, 1.165) is 11.4 Å². The zero-order valence-corrected chi connectivity index (χ0v) is 14.9. The minimum atomic E-state index is -0.366. The summed E-state index contributed by atoms with van der Waals surface area (Å²) in [6, 6.07) is 20.4. The molecule has 0 spiro atoms. The molecule has 28 heavy (non-hydrogen) atoms. The molecule has 0 unspecified atom stereocenters. The minimum Gasteiger partial charge on any atom is -0.291 e. The van der Waals surface area contributed by atoms with Crippen LogP contribution in [-0.2, 0) is 11.2 Å². The number of amides is 1. The summed E-state index contributed by atoms with van der Waals surface area (Å²) < 4.78 is 1.45. The Kier molecular flexibility index (Phi) is 4.79. The third-order valence-corrected chi connectivity index (χ3v) is 4.20. The Balaban J connectivity index is 1.64. The molecule has 4 aromatic rings. The summed E-state index contributed by atoms with van der Waals surface area (Å²) in [6.07, 6.45) is 4.61. The molecular formula is C21H17N5O2. The second kappa shape index (κ2) is 7.71. The van der Waals surface area contributed by atoms with Crippen LogP contribution in [0.2, 0.25) is 0 Å².